The van der Waals surface area contributed by atoms with Crippen LogP contribution in [0, 0.1) is 5.92 Å². The molecule has 19 heavy (non-hydrogen) atoms. The number of hydrogen-bond acceptors (Lipinski definition) is 1. The fourth-order valence-electron chi connectivity index (χ4n) is 2.32. The minimum absolute atomic E-state index is 0.0804. The van der Waals surface area contributed by atoms with Crippen LogP contribution < -0.4 is 5.56 Å². The van der Waals surface area contributed by atoms with Gasteiger partial charge in [0.2, 0.25) is 0 Å². The van der Waals surface area contributed by atoms with Crippen LogP contribution in [0.2, 0.25) is 0 Å². The summed E-state index contributed by atoms with van der Waals surface area (Å²) in [6.07, 6.45) is 0.888. The molecule has 3 heteroatoms. The maximum Gasteiger partial charge on any atom is 0.274 e. The first-order valence-corrected chi connectivity index (χ1v) is 6.89. The Balaban J connectivity index is 2.60. The number of rotatable bonds is 4. The van der Waals surface area contributed by atoms with E-state index in [9.17, 15) is 4.79 Å². The van der Waals surface area contributed by atoms with Crippen molar-refractivity contribution in [3.63, 3.8) is 0 Å². The molecule has 1 aromatic carbocycles. The van der Waals surface area contributed by atoms with Gasteiger partial charge in [-0.15, -0.1) is 0 Å². The van der Waals surface area contributed by atoms with Crippen molar-refractivity contribution >= 4 is 0 Å². The highest BCUT2D eigenvalue weighted by Gasteiger charge is 2.17. The largest absolute Gasteiger partial charge is 0.299 e. The Morgan fingerprint density at radius 1 is 1.11 bits per heavy atom. The monoisotopic (exact) mass is 258 g/mol. The molecular weight excluding hydrogens is 236 g/mol. The quantitative estimate of drug-likeness (QED) is 0.893. The van der Waals surface area contributed by atoms with Crippen LogP contribution >= 0.6 is 0 Å². The predicted octanol–water partition coefficient (Wildman–Crippen LogP) is 3.62. The second kappa shape index (κ2) is 5.47. The van der Waals surface area contributed by atoms with Crippen LogP contribution in [0.25, 0.3) is 11.1 Å². The lowest BCUT2D eigenvalue weighted by atomic mass is 10.0. The van der Waals surface area contributed by atoms with Gasteiger partial charge in [-0.25, -0.2) is 4.68 Å². The van der Waals surface area contributed by atoms with Crippen molar-refractivity contribution in [3.8, 4) is 11.1 Å². The predicted molar refractivity (Wildman–Crippen MR) is 79.4 cm³/mol. The van der Waals surface area contributed by atoms with Gasteiger partial charge < -0.3 is 0 Å². The summed E-state index contributed by atoms with van der Waals surface area (Å²) >= 11 is 0. The number of aromatic nitrogens is 2. The molecule has 0 fully saturated rings. The Morgan fingerprint density at radius 2 is 1.74 bits per heavy atom. The molecule has 0 bridgehead atoms. The van der Waals surface area contributed by atoms with E-state index in [0.717, 1.165) is 23.2 Å². The number of benzene rings is 1. The van der Waals surface area contributed by atoms with E-state index in [-0.39, 0.29) is 11.6 Å². The zero-order valence-corrected chi connectivity index (χ0v) is 12.1. The van der Waals surface area contributed by atoms with E-state index in [1.807, 2.05) is 44.2 Å². The average molecular weight is 258 g/mol. The Kier molecular flexibility index (Phi) is 3.93. The molecule has 0 saturated carbocycles. The van der Waals surface area contributed by atoms with Crippen LogP contribution in [0.1, 0.15) is 39.4 Å². The third-order valence-corrected chi connectivity index (χ3v) is 3.18. The van der Waals surface area contributed by atoms with E-state index in [2.05, 4.69) is 18.9 Å². The number of aromatic amines is 1. The topological polar surface area (TPSA) is 37.8 Å². The van der Waals surface area contributed by atoms with E-state index in [4.69, 9.17) is 0 Å². The molecule has 0 atom stereocenters. The fraction of sp³-hybridized carbons (Fsp3) is 0.438. The number of hydrogen-bond donors (Lipinski definition) is 1. The van der Waals surface area contributed by atoms with Gasteiger partial charge in [0.05, 0.1) is 5.56 Å². The molecule has 0 unspecified atom stereocenters. The van der Waals surface area contributed by atoms with Crippen LogP contribution in [0.3, 0.4) is 0 Å². The first kappa shape index (κ1) is 13.7. The van der Waals surface area contributed by atoms with Crippen LogP contribution in [0.4, 0.5) is 0 Å². The van der Waals surface area contributed by atoms with Crippen LogP contribution in [0.15, 0.2) is 35.1 Å². The number of nitrogens with zero attached hydrogens (tertiary/aromatic N) is 1. The van der Waals surface area contributed by atoms with Crippen LogP contribution in [0.5, 0.6) is 0 Å². The Morgan fingerprint density at radius 3 is 2.26 bits per heavy atom. The molecule has 1 heterocycles. The summed E-state index contributed by atoms with van der Waals surface area (Å²) in [6.45, 7) is 8.37. The third kappa shape index (κ3) is 2.80. The summed E-state index contributed by atoms with van der Waals surface area (Å²) in [5.74, 6) is 0.515. The normalized spacial score (nSPS) is 11.5. The summed E-state index contributed by atoms with van der Waals surface area (Å²) in [5.41, 5.74) is 2.94. The molecule has 2 aromatic rings. The fourth-order valence-corrected chi connectivity index (χ4v) is 2.32. The van der Waals surface area contributed by atoms with Crippen molar-refractivity contribution in [3.05, 3.63) is 46.4 Å². The molecule has 0 aliphatic heterocycles. The highest BCUT2D eigenvalue weighted by molar-refractivity contribution is 5.65. The highest BCUT2D eigenvalue weighted by Crippen LogP contribution is 2.22. The SMILES string of the molecule is CC(C)Cc1[nH]n(C(C)C)c(=O)c1-c1ccccc1. The van der Waals surface area contributed by atoms with E-state index >= 15 is 0 Å². The first-order valence-electron chi connectivity index (χ1n) is 6.89. The lowest BCUT2D eigenvalue weighted by Crippen LogP contribution is -2.19. The van der Waals surface area contributed by atoms with E-state index < -0.39 is 0 Å². The van der Waals surface area contributed by atoms with Gasteiger partial charge in [0, 0.05) is 11.7 Å². The molecule has 1 N–H and O–H groups in total. The zero-order chi connectivity index (χ0) is 14.0. The number of H-pyrrole nitrogens is 1. The van der Waals surface area contributed by atoms with Crippen molar-refractivity contribution in [2.45, 2.75) is 40.2 Å². The number of nitrogens with one attached hydrogen (secondary N) is 1. The van der Waals surface area contributed by atoms with Crippen molar-refractivity contribution in [1.29, 1.82) is 0 Å². The Hall–Kier alpha value is -1.77. The first-order chi connectivity index (χ1) is 9.00. The molecule has 0 radical (unpaired) electrons. The lowest BCUT2D eigenvalue weighted by Gasteiger charge is -2.06. The van der Waals surface area contributed by atoms with Gasteiger partial charge in [0.1, 0.15) is 0 Å². The van der Waals surface area contributed by atoms with E-state index in [1.165, 1.54) is 0 Å². The van der Waals surface area contributed by atoms with Gasteiger partial charge in [0.25, 0.3) is 5.56 Å². The van der Waals surface area contributed by atoms with Crippen LogP contribution in [-0.4, -0.2) is 9.78 Å². The molecule has 102 valence electrons. The zero-order valence-electron chi connectivity index (χ0n) is 12.1. The maximum atomic E-state index is 12.5. The summed E-state index contributed by atoms with van der Waals surface area (Å²) in [6, 6.07) is 10.1. The minimum Gasteiger partial charge on any atom is -0.299 e. The summed E-state index contributed by atoms with van der Waals surface area (Å²) in [7, 11) is 0. The Bertz CT molecular complexity index is 591. The second-order valence-electron chi connectivity index (χ2n) is 5.70. The standard InChI is InChI=1S/C16H22N2O/c1-11(2)10-14-15(13-8-6-5-7-9-13)16(19)18(17-14)12(3)4/h5-9,11-12,17H,10H2,1-4H3. The lowest BCUT2D eigenvalue weighted by molar-refractivity contribution is 0.505. The molecular formula is C16H22N2O. The van der Waals surface area contributed by atoms with Crippen molar-refractivity contribution < 1.29 is 0 Å². The summed E-state index contributed by atoms with van der Waals surface area (Å²) in [4.78, 5) is 12.5. The van der Waals surface area contributed by atoms with Gasteiger partial charge in [-0.1, -0.05) is 44.2 Å². The van der Waals surface area contributed by atoms with Gasteiger partial charge in [0.15, 0.2) is 0 Å². The highest BCUT2D eigenvalue weighted by atomic mass is 16.1. The Labute approximate surface area is 114 Å². The van der Waals surface area contributed by atoms with Crippen LogP contribution in [-0.2, 0) is 6.42 Å². The molecule has 0 aliphatic rings. The molecule has 1 aromatic heterocycles. The van der Waals surface area contributed by atoms with Crippen molar-refractivity contribution in [1.82, 2.24) is 9.78 Å². The summed E-state index contributed by atoms with van der Waals surface area (Å²) < 4.78 is 1.72. The van der Waals surface area contributed by atoms with Crippen molar-refractivity contribution in [2.24, 2.45) is 5.92 Å². The van der Waals surface area contributed by atoms with Crippen molar-refractivity contribution in [2.75, 3.05) is 0 Å². The third-order valence-electron chi connectivity index (χ3n) is 3.18. The molecule has 0 spiro atoms. The smallest absolute Gasteiger partial charge is 0.274 e. The van der Waals surface area contributed by atoms with E-state index in [1.54, 1.807) is 4.68 Å². The molecule has 0 aliphatic carbocycles. The van der Waals surface area contributed by atoms with Gasteiger partial charge in [-0.2, -0.15) is 0 Å². The maximum absolute atomic E-state index is 12.5. The van der Waals surface area contributed by atoms with Gasteiger partial charge in [-0.05, 0) is 31.7 Å². The van der Waals surface area contributed by atoms with Gasteiger partial charge in [-0.3, -0.25) is 9.89 Å². The molecule has 0 saturated heterocycles. The van der Waals surface area contributed by atoms with E-state index in [0.29, 0.717) is 5.92 Å². The molecule has 0 amide bonds. The summed E-state index contributed by atoms with van der Waals surface area (Å²) in [5, 5.41) is 3.28. The minimum atomic E-state index is 0.0804. The average Bonchev–Trinajstić information content (AvgIpc) is 2.66. The molecule has 3 nitrogen and oxygen atoms in total. The second-order valence-corrected chi connectivity index (χ2v) is 5.70. The molecule has 2 rings (SSSR count). The van der Waals surface area contributed by atoms with Gasteiger partial charge >= 0.3 is 0 Å².